The van der Waals surface area contributed by atoms with Gasteiger partial charge >= 0.3 is 0 Å². The summed E-state index contributed by atoms with van der Waals surface area (Å²) in [6.07, 6.45) is 3.25. The zero-order valence-electron chi connectivity index (χ0n) is 24.7. The summed E-state index contributed by atoms with van der Waals surface area (Å²) in [6.45, 7) is 6.60. The Bertz CT molecular complexity index is 1860. The van der Waals surface area contributed by atoms with Gasteiger partial charge in [0, 0.05) is 32.1 Å². The Labute approximate surface area is 250 Å². The third-order valence-electron chi connectivity index (χ3n) is 7.22. The molecule has 0 atom stereocenters. The summed E-state index contributed by atoms with van der Waals surface area (Å²) in [4.78, 5) is 33.4. The third kappa shape index (κ3) is 6.11. The van der Waals surface area contributed by atoms with Crippen LogP contribution in [0.5, 0.6) is 11.5 Å². The number of piperidine rings is 1. The van der Waals surface area contributed by atoms with Gasteiger partial charge in [-0.05, 0) is 62.2 Å². The number of aromatic amines is 1. The minimum atomic E-state index is -4.02. The molecule has 226 valence electrons. The molecule has 5 rings (SSSR count). The van der Waals surface area contributed by atoms with Crippen LogP contribution >= 0.6 is 0 Å². The summed E-state index contributed by atoms with van der Waals surface area (Å²) in [7, 11) is -2.33. The summed E-state index contributed by atoms with van der Waals surface area (Å²) < 4.78 is 41.9. The first-order chi connectivity index (χ1) is 20.7. The van der Waals surface area contributed by atoms with E-state index in [4.69, 9.17) is 14.5 Å². The molecule has 11 nitrogen and oxygen atoms in total. The van der Waals surface area contributed by atoms with Gasteiger partial charge in [-0.2, -0.15) is 9.40 Å². The minimum Gasteiger partial charge on any atom is -0.494 e. The zero-order chi connectivity index (χ0) is 30.7. The van der Waals surface area contributed by atoms with Gasteiger partial charge in [0.1, 0.15) is 22.8 Å². The number of benzene rings is 2. The van der Waals surface area contributed by atoms with Gasteiger partial charge in [-0.15, -0.1) is 0 Å². The fraction of sp³-hybridized carbons (Fsp3) is 0.355. The van der Waals surface area contributed by atoms with Crippen LogP contribution in [-0.2, 0) is 28.3 Å². The number of nitrogens with one attached hydrogen (secondary N) is 1. The van der Waals surface area contributed by atoms with Crippen molar-refractivity contribution in [3.8, 4) is 22.9 Å². The third-order valence-corrected chi connectivity index (χ3v) is 9.06. The van der Waals surface area contributed by atoms with E-state index in [0.29, 0.717) is 53.2 Å². The molecule has 1 fully saturated rings. The smallest absolute Gasteiger partial charge is 0.277 e. The Kier molecular flexibility index (Phi) is 8.79. The second-order valence-electron chi connectivity index (χ2n) is 10.2. The van der Waals surface area contributed by atoms with Crippen molar-refractivity contribution in [2.24, 2.45) is 7.05 Å². The Morgan fingerprint density at radius 1 is 1.02 bits per heavy atom. The first-order valence-electron chi connectivity index (χ1n) is 14.4. The lowest BCUT2D eigenvalue weighted by Gasteiger charge is -2.27. The predicted molar refractivity (Wildman–Crippen MR) is 164 cm³/mol. The Morgan fingerprint density at radius 2 is 1.77 bits per heavy atom. The molecule has 1 aliphatic heterocycles. The molecule has 0 spiro atoms. The molecule has 4 aromatic rings. The number of nitrogens with zero attached hydrogens (tertiary/aromatic N) is 4. The number of sulfonamides is 1. The van der Waals surface area contributed by atoms with Crippen LogP contribution in [0.2, 0.25) is 0 Å². The van der Waals surface area contributed by atoms with Gasteiger partial charge < -0.3 is 14.5 Å². The Morgan fingerprint density at radius 3 is 2.47 bits per heavy atom. The summed E-state index contributed by atoms with van der Waals surface area (Å²) in [5.74, 6) is 1.19. The van der Waals surface area contributed by atoms with Crippen LogP contribution in [0.3, 0.4) is 0 Å². The fourth-order valence-corrected chi connectivity index (χ4v) is 6.61. The summed E-state index contributed by atoms with van der Waals surface area (Å²) in [5.41, 5.74) is 2.65. The molecular weight excluding hydrogens is 570 g/mol. The normalized spacial score (nSPS) is 15.3. The fourth-order valence-electron chi connectivity index (χ4n) is 5.17. The molecular formula is C31H35N5O6S. The van der Waals surface area contributed by atoms with Crippen LogP contribution in [0.15, 0.2) is 57.7 Å². The molecule has 0 unspecified atom stereocenters. The van der Waals surface area contributed by atoms with Gasteiger partial charge in [0.25, 0.3) is 5.56 Å². The molecule has 43 heavy (non-hydrogen) atoms. The quantitative estimate of drug-likeness (QED) is 0.267. The molecule has 3 heterocycles. The number of fused-ring (bicyclic) bond motifs is 1. The van der Waals surface area contributed by atoms with E-state index >= 15 is 0 Å². The van der Waals surface area contributed by atoms with Crippen molar-refractivity contribution >= 4 is 32.9 Å². The molecule has 2 aromatic heterocycles. The van der Waals surface area contributed by atoms with Crippen molar-refractivity contribution in [1.29, 1.82) is 0 Å². The maximum atomic E-state index is 13.9. The molecule has 1 aliphatic rings. The number of carbonyl (C=O) groups is 1. The average Bonchev–Trinajstić information content (AvgIpc) is 3.30. The molecule has 2 aromatic carbocycles. The number of ketones is 1. The van der Waals surface area contributed by atoms with E-state index in [1.165, 1.54) is 21.1 Å². The SMILES string of the molecule is CCCc1nn(C)c2c(=O)[nH]c(-c3cc(S(=O)(=O)N4CCC(=O)C(=Cc5ccc(OCC)cc5)C4)ccc3OCC)nc12. The van der Waals surface area contributed by atoms with Crippen LogP contribution in [0.25, 0.3) is 28.5 Å². The predicted octanol–water partition coefficient (Wildman–Crippen LogP) is 4.12. The van der Waals surface area contributed by atoms with Crippen molar-refractivity contribution in [1.82, 2.24) is 24.1 Å². The lowest BCUT2D eigenvalue weighted by Crippen LogP contribution is -2.40. The van der Waals surface area contributed by atoms with Crippen molar-refractivity contribution in [3.63, 3.8) is 0 Å². The highest BCUT2D eigenvalue weighted by Gasteiger charge is 2.32. The molecule has 0 aliphatic carbocycles. The maximum Gasteiger partial charge on any atom is 0.277 e. The highest BCUT2D eigenvalue weighted by Crippen LogP contribution is 2.33. The summed E-state index contributed by atoms with van der Waals surface area (Å²) in [5, 5.41) is 4.47. The molecule has 12 heteroatoms. The molecule has 0 bridgehead atoms. The minimum absolute atomic E-state index is 0.00318. The van der Waals surface area contributed by atoms with Crippen molar-refractivity contribution in [3.05, 3.63) is 69.6 Å². The maximum absolute atomic E-state index is 13.9. The van der Waals surface area contributed by atoms with Crippen LogP contribution in [0.1, 0.15) is 44.9 Å². The van der Waals surface area contributed by atoms with Gasteiger partial charge in [0.15, 0.2) is 11.3 Å². The number of Topliss-reactive ketones (excluding diaryl/α,β-unsaturated/α-hetero) is 1. The van der Waals surface area contributed by atoms with Gasteiger partial charge in [-0.1, -0.05) is 25.5 Å². The number of carbonyl (C=O) groups excluding carboxylic acids is 1. The molecule has 0 saturated carbocycles. The van der Waals surface area contributed by atoms with E-state index in [1.54, 1.807) is 19.2 Å². The Balaban J connectivity index is 1.52. The average molecular weight is 606 g/mol. The van der Waals surface area contributed by atoms with Crippen LogP contribution in [0, 0.1) is 0 Å². The Hall–Kier alpha value is -4.29. The second kappa shape index (κ2) is 12.5. The number of H-pyrrole nitrogens is 1. The van der Waals surface area contributed by atoms with Gasteiger partial charge in [-0.3, -0.25) is 14.3 Å². The molecule has 1 saturated heterocycles. The number of rotatable bonds is 10. The number of hydrogen-bond acceptors (Lipinski definition) is 8. The van der Waals surface area contributed by atoms with E-state index in [-0.39, 0.29) is 41.6 Å². The van der Waals surface area contributed by atoms with Crippen LogP contribution in [-0.4, -0.2) is 64.6 Å². The van der Waals surface area contributed by atoms with Gasteiger partial charge in [0.2, 0.25) is 10.0 Å². The van der Waals surface area contributed by atoms with E-state index in [0.717, 1.165) is 17.7 Å². The standard InChI is InChI=1S/C31H35N5O6S/c1-5-8-25-28-29(35(4)34-25)31(38)33-30(32-28)24-18-23(13-14-27(24)42-7-3)43(39,40)36-16-15-26(37)21(19-36)17-20-9-11-22(12-10-20)41-6-2/h9-14,17-18H,5-8,15-16,19H2,1-4H3,(H,32,33,38). The number of aryl methyl sites for hydroxylation is 2. The van der Waals surface area contributed by atoms with E-state index < -0.39 is 10.0 Å². The highest BCUT2D eigenvalue weighted by atomic mass is 32.2. The summed E-state index contributed by atoms with van der Waals surface area (Å²) in [6, 6.07) is 11.8. The van der Waals surface area contributed by atoms with Gasteiger partial charge in [-0.25, -0.2) is 13.4 Å². The molecule has 0 radical (unpaired) electrons. The number of ether oxygens (including phenoxy) is 2. The number of hydrogen-bond donors (Lipinski definition) is 1. The number of aromatic nitrogens is 4. The van der Waals surface area contributed by atoms with E-state index in [1.807, 2.05) is 45.0 Å². The topological polar surface area (TPSA) is 136 Å². The molecule has 0 amide bonds. The highest BCUT2D eigenvalue weighted by molar-refractivity contribution is 7.89. The van der Waals surface area contributed by atoms with E-state index in [2.05, 4.69) is 10.1 Å². The largest absolute Gasteiger partial charge is 0.494 e. The monoisotopic (exact) mass is 605 g/mol. The lowest BCUT2D eigenvalue weighted by atomic mass is 10.0. The van der Waals surface area contributed by atoms with Gasteiger partial charge in [0.05, 0.1) is 29.4 Å². The van der Waals surface area contributed by atoms with Crippen LogP contribution < -0.4 is 15.0 Å². The first kappa shape index (κ1) is 30.2. The van der Waals surface area contributed by atoms with E-state index in [9.17, 15) is 18.0 Å². The zero-order valence-corrected chi connectivity index (χ0v) is 25.5. The molecule has 1 N–H and O–H groups in total. The van der Waals surface area contributed by atoms with Crippen molar-refractivity contribution < 1.29 is 22.7 Å². The second-order valence-corrected chi connectivity index (χ2v) is 12.1. The van der Waals surface area contributed by atoms with Crippen molar-refractivity contribution in [2.45, 2.75) is 44.9 Å². The first-order valence-corrected chi connectivity index (χ1v) is 15.8. The summed E-state index contributed by atoms with van der Waals surface area (Å²) >= 11 is 0. The lowest BCUT2D eigenvalue weighted by molar-refractivity contribution is -0.116. The van der Waals surface area contributed by atoms with Crippen LogP contribution in [0.4, 0.5) is 0 Å². The van der Waals surface area contributed by atoms with Crippen molar-refractivity contribution in [2.75, 3.05) is 26.3 Å².